The molecule has 0 nitrogen and oxygen atoms in total. The smallest absolute Gasteiger partial charge is 0.171 e. The molecule has 0 aromatic heterocycles. The van der Waals surface area contributed by atoms with E-state index in [9.17, 15) is 13.2 Å². The Labute approximate surface area is 72.3 Å². The van der Waals surface area contributed by atoms with E-state index in [0.29, 0.717) is 6.42 Å². The van der Waals surface area contributed by atoms with Crippen LogP contribution in [-0.2, 0) is 0 Å². The van der Waals surface area contributed by atoms with Crippen molar-refractivity contribution in [3.63, 3.8) is 0 Å². The first kappa shape index (κ1) is 10.5. The van der Waals surface area contributed by atoms with Crippen LogP contribution in [0, 0.1) is 0 Å². The predicted octanol–water partition coefficient (Wildman–Crippen LogP) is 3.54. The van der Waals surface area contributed by atoms with Gasteiger partial charge in [0.25, 0.3) is 0 Å². The molecule has 0 N–H and O–H groups in total. The van der Waals surface area contributed by atoms with Gasteiger partial charge in [0.2, 0.25) is 0 Å². The molecule has 0 aliphatic rings. The SMILES string of the molecule is CCCC(I)CC(F)(F)F. The van der Waals surface area contributed by atoms with Crippen LogP contribution in [0.4, 0.5) is 13.2 Å². The van der Waals surface area contributed by atoms with Gasteiger partial charge in [0, 0.05) is 3.92 Å². The van der Waals surface area contributed by atoms with Gasteiger partial charge in [-0.1, -0.05) is 35.9 Å². The fraction of sp³-hybridized carbons (Fsp3) is 1.00. The van der Waals surface area contributed by atoms with E-state index in [-0.39, 0.29) is 3.92 Å². The van der Waals surface area contributed by atoms with Crippen molar-refractivity contribution in [2.75, 3.05) is 0 Å². The fourth-order valence-corrected chi connectivity index (χ4v) is 1.79. The fourth-order valence-electron chi connectivity index (χ4n) is 0.666. The van der Waals surface area contributed by atoms with E-state index >= 15 is 0 Å². The lowest BCUT2D eigenvalue weighted by molar-refractivity contribution is -0.133. The van der Waals surface area contributed by atoms with Crippen LogP contribution in [0.2, 0.25) is 0 Å². The zero-order chi connectivity index (χ0) is 8.20. The highest BCUT2D eigenvalue weighted by Crippen LogP contribution is 2.27. The van der Waals surface area contributed by atoms with E-state index in [1.54, 1.807) is 0 Å². The van der Waals surface area contributed by atoms with E-state index < -0.39 is 12.6 Å². The summed E-state index contributed by atoms with van der Waals surface area (Å²) in [6.07, 6.45) is -3.16. The minimum Gasteiger partial charge on any atom is -0.171 e. The Morgan fingerprint density at radius 1 is 1.40 bits per heavy atom. The maximum Gasteiger partial charge on any atom is 0.390 e. The molecule has 0 saturated carbocycles. The molecule has 0 saturated heterocycles. The normalized spacial score (nSPS) is 15.3. The molecule has 0 aliphatic carbocycles. The summed E-state index contributed by atoms with van der Waals surface area (Å²) < 4.78 is 34.6. The summed E-state index contributed by atoms with van der Waals surface area (Å²) in [6.45, 7) is 1.89. The molecule has 1 atom stereocenters. The van der Waals surface area contributed by atoms with E-state index in [4.69, 9.17) is 0 Å². The van der Waals surface area contributed by atoms with Gasteiger partial charge in [-0.3, -0.25) is 0 Å². The van der Waals surface area contributed by atoms with Gasteiger partial charge < -0.3 is 0 Å². The second-order valence-electron chi connectivity index (χ2n) is 2.21. The van der Waals surface area contributed by atoms with Gasteiger partial charge >= 0.3 is 6.18 Å². The Morgan fingerprint density at radius 3 is 2.20 bits per heavy atom. The average Bonchev–Trinajstić information content (AvgIpc) is 1.59. The third kappa shape index (κ3) is 6.64. The van der Waals surface area contributed by atoms with E-state index in [1.165, 1.54) is 0 Å². The van der Waals surface area contributed by atoms with E-state index in [1.807, 2.05) is 29.5 Å². The molecule has 0 fully saturated rings. The summed E-state index contributed by atoms with van der Waals surface area (Å²) in [5.74, 6) is 0. The van der Waals surface area contributed by atoms with Crippen molar-refractivity contribution in [2.45, 2.75) is 36.3 Å². The molecule has 0 aromatic rings. The molecule has 0 rings (SSSR count). The van der Waals surface area contributed by atoms with Crippen molar-refractivity contribution in [2.24, 2.45) is 0 Å². The number of hydrogen-bond donors (Lipinski definition) is 0. The largest absolute Gasteiger partial charge is 0.390 e. The molecular weight excluding hydrogens is 256 g/mol. The number of halogens is 4. The summed E-state index contributed by atoms with van der Waals surface area (Å²) in [4.78, 5) is 0. The van der Waals surface area contributed by atoms with Crippen LogP contribution in [-0.4, -0.2) is 10.1 Å². The first-order valence-corrected chi connectivity index (χ1v) is 4.41. The van der Waals surface area contributed by atoms with Crippen LogP contribution < -0.4 is 0 Å². The van der Waals surface area contributed by atoms with Crippen LogP contribution in [0.5, 0.6) is 0 Å². The zero-order valence-corrected chi connectivity index (χ0v) is 7.87. The summed E-state index contributed by atoms with van der Waals surface area (Å²) in [5.41, 5.74) is 0. The van der Waals surface area contributed by atoms with Crippen molar-refractivity contribution in [3.8, 4) is 0 Å². The highest BCUT2D eigenvalue weighted by molar-refractivity contribution is 14.1. The molecule has 10 heavy (non-hydrogen) atoms. The molecule has 0 aromatic carbocycles. The van der Waals surface area contributed by atoms with Gasteiger partial charge in [-0.05, 0) is 6.42 Å². The molecule has 0 bridgehead atoms. The standard InChI is InChI=1S/C6H10F3I/c1-2-3-5(10)4-6(7,8)9/h5H,2-4H2,1H3. The Balaban J connectivity index is 3.47. The molecule has 0 radical (unpaired) electrons. The number of hydrogen-bond acceptors (Lipinski definition) is 0. The van der Waals surface area contributed by atoms with Gasteiger partial charge in [0.1, 0.15) is 0 Å². The Bertz CT molecular complexity index is 89.5. The number of rotatable bonds is 3. The quantitative estimate of drug-likeness (QED) is 0.541. The zero-order valence-electron chi connectivity index (χ0n) is 5.71. The number of alkyl halides is 4. The van der Waals surface area contributed by atoms with Gasteiger partial charge in [-0.2, -0.15) is 13.2 Å². The van der Waals surface area contributed by atoms with E-state index in [2.05, 4.69) is 0 Å². The molecule has 0 aliphatic heterocycles. The second kappa shape index (κ2) is 4.41. The summed E-state index contributed by atoms with van der Waals surface area (Å²) in [7, 11) is 0. The molecule has 1 unspecified atom stereocenters. The molecule has 4 heteroatoms. The lowest BCUT2D eigenvalue weighted by Crippen LogP contribution is -2.14. The van der Waals surface area contributed by atoms with Crippen molar-refractivity contribution < 1.29 is 13.2 Å². The van der Waals surface area contributed by atoms with Crippen LogP contribution in [0.15, 0.2) is 0 Å². The third-order valence-electron chi connectivity index (χ3n) is 1.05. The molecular formula is C6H10F3I. The monoisotopic (exact) mass is 266 g/mol. The molecule has 62 valence electrons. The second-order valence-corrected chi connectivity index (χ2v) is 3.97. The summed E-state index contributed by atoms with van der Waals surface area (Å²) in [5, 5.41) is 0. The maximum absolute atomic E-state index is 11.6. The van der Waals surface area contributed by atoms with Crippen molar-refractivity contribution in [1.82, 2.24) is 0 Å². The first-order chi connectivity index (χ1) is 4.45. The topological polar surface area (TPSA) is 0 Å². The van der Waals surface area contributed by atoms with Gasteiger partial charge in [-0.25, -0.2) is 0 Å². The predicted molar refractivity (Wildman–Crippen MR) is 43.4 cm³/mol. The lowest BCUT2D eigenvalue weighted by Gasteiger charge is -2.10. The highest BCUT2D eigenvalue weighted by atomic mass is 127. The van der Waals surface area contributed by atoms with Crippen LogP contribution in [0.3, 0.4) is 0 Å². The Hall–Kier alpha value is 0.520. The van der Waals surface area contributed by atoms with Crippen LogP contribution >= 0.6 is 22.6 Å². The third-order valence-corrected chi connectivity index (χ3v) is 2.12. The van der Waals surface area contributed by atoms with E-state index in [0.717, 1.165) is 6.42 Å². The Kier molecular flexibility index (Phi) is 4.64. The van der Waals surface area contributed by atoms with Gasteiger partial charge in [0.15, 0.2) is 0 Å². The minimum absolute atomic E-state index is 0.248. The highest BCUT2D eigenvalue weighted by Gasteiger charge is 2.29. The van der Waals surface area contributed by atoms with Gasteiger partial charge in [0.05, 0.1) is 6.42 Å². The maximum atomic E-state index is 11.6. The molecule has 0 amide bonds. The van der Waals surface area contributed by atoms with Crippen molar-refractivity contribution in [1.29, 1.82) is 0 Å². The summed E-state index contributed by atoms with van der Waals surface area (Å²) in [6, 6.07) is 0. The lowest BCUT2D eigenvalue weighted by atomic mass is 10.2. The minimum atomic E-state index is -3.99. The van der Waals surface area contributed by atoms with Crippen LogP contribution in [0.1, 0.15) is 26.2 Å². The molecule has 0 spiro atoms. The average molecular weight is 266 g/mol. The molecule has 0 heterocycles. The van der Waals surface area contributed by atoms with Gasteiger partial charge in [-0.15, -0.1) is 0 Å². The first-order valence-electron chi connectivity index (χ1n) is 3.16. The van der Waals surface area contributed by atoms with Crippen molar-refractivity contribution in [3.05, 3.63) is 0 Å². The van der Waals surface area contributed by atoms with Crippen molar-refractivity contribution >= 4 is 22.6 Å². The summed E-state index contributed by atoms with van der Waals surface area (Å²) >= 11 is 1.85. The van der Waals surface area contributed by atoms with Crippen LogP contribution in [0.25, 0.3) is 0 Å². The Morgan fingerprint density at radius 2 is 1.90 bits per heavy atom.